The van der Waals surface area contributed by atoms with Gasteiger partial charge in [-0.15, -0.1) is 0 Å². The van der Waals surface area contributed by atoms with Crippen molar-refractivity contribution in [1.29, 1.82) is 0 Å². The number of aromatic nitrogens is 1. The van der Waals surface area contributed by atoms with Crippen molar-refractivity contribution in [3.05, 3.63) is 41.0 Å². The van der Waals surface area contributed by atoms with E-state index in [0.29, 0.717) is 16.5 Å². The van der Waals surface area contributed by atoms with Crippen molar-refractivity contribution in [2.75, 3.05) is 0 Å². The molecule has 0 radical (unpaired) electrons. The molecule has 1 amide bonds. The van der Waals surface area contributed by atoms with Crippen molar-refractivity contribution in [1.82, 2.24) is 10.3 Å². The highest BCUT2D eigenvalue weighted by Gasteiger charge is 2.31. The molecule has 1 aromatic heterocycles. The third kappa shape index (κ3) is 3.87. The van der Waals surface area contributed by atoms with Gasteiger partial charge in [0.15, 0.2) is 0 Å². The molecule has 3 rings (SSSR count). The van der Waals surface area contributed by atoms with E-state index in [2.05, 4.69) is 10.3 Å². The van der Waals surface area contributed by atoms with Gasteiger partial charge in [-0.2, -0.15) is 0 Å². The quantitative estimate of drug-likeness (QED) is 0.884. The van der Waals surface area contributed by atoms with E-state index in [1.807, 2.05) is 26.0 Å². The number of aliphatic hydroxyl groups is 1. The first kappa shape index (κ1) is 17.2. The first-order valence-electron chi connectivity index (χ1n) is 8.41. The van der Waals surface area contributed by atoms with Crippen LogP contribution in [0.2, 0.25) is 5.02 Å². The zero-order chi connectivity index (χ0) is 17.3. The maximum Gasteiger partial charge on any atom is 0.253 e. The first-order chi connectivity index (χ1) is 11.3. The van der Waals surface area contributed by atoms with Crippen molar-refractivity contribution in [2.24, 2.45) is 5.92 Å². The largest absolute Gasteiger partial charge is 0.390 e. The Labute approximate surface area is 147 Å². The van der Waals surface area contributed by atoms with Crippen LogP contribution in [0.5, 0.6) is 0 Å². The van der Waals surface area contributed by atoms with Crippen LogP contribution in [-0.2, 0) is 0 Å². The van der Waals surface area contributed by atoms with Gasteiger partial charge in [0.05, 0.1) is 16.7 Å². The van der Waals surface area contributed by atoms with Crippen LogP contribution in [-0.4, -0.2) is 27.6 Å². The van der Waals surface area contributed by atoms with E-state index in [4.69, 9.17) is 11.6 Å². The minimum absolute atomic E-state index is 0.0916. The fourth-order valence-corrected chi connectivity index (χ4v) is 3.60. The molecule has 1 saturated carbocycles. The lowest BCUT2D eigenvalue weighted by atomic mass is 9.77. The van der Waals surface area contributed by atoms with Crippen molar-refractivity contribution >= 4 is 28.4 Å². The summed E-state index contributed by atoms with van der Waals surface area (Å²) in [6.45, 7) is 3.73. The Kier molecular flexibility index (Phi) is 4.79. The average molecular weight is 347 g/mol. The van der Waals surface area contributed by atoms with Gasteiger partial charge in [-0.1, -0.05) is 17.7 Å². The van der Waals surface area contributed by atoms with E-state index in [1.54, 1.807) is 18.3 Å². The number of rotatable bonds is 3. The predicted octanol–water partition coefficient (Wildman–Crippen LogP) is 3.95. The summed E-state index contributed by atoms with van der Waals surface area (Å²) in [6, 6.07) is 7.46. The van der Waals surface area contributed by atoms with Gasteiger partial charge in [-0.3, -0.25) is 9.78 Å². The Bertz CT molecular complexity index is 747. The van der Waals surface area contributed by atoms with E-state index < -0.39 is 5.60 Å². The third-order valence-electron chi connectivity index (χ3n) is 4.97. The maximum atomic E-state index is 12.5. The van der Waals surface area contributed by atoms with Crippen molar-refractivity contribution in [3.8, 4) is 0 Å². The van der Waals surface area contributed by atoms with Crippen LogP contribution >= 0.6 is 11.6 Å². The molecule has 1 heterocycles. The van der Waals surface area contributed by atoms with E-state index in [9.17, 15) is 9.90 Å². The number of halogens is 1. The summed E-state index contributed by atoms with van der Waals surface area (Å²) >= 11 is 5.96. The molecule has 2 N–H and O–H groups in total. The summed E-state index contributed by atoms with van der Waals surface area (Å²) in [7, 11) is 0. The lowest BCUT2D eigenvalue weighted by Gasteiger charge is -2.36. The van der Waals surface area contributed by atoms with Gasteiger partial charge in [0, 0.05) is 22.6 Å². The number of carbonyl (C=O) groups is 1. The highest BCUT2D eigenvalue weighted by molar-refractivity contribution is 6.31. The van der Waals surface area contributed by atoms with Crippen LogP contribution in [0.4, 0.5) is 0 Å². The summed E-state index contributed by atoms with van der Waals surface area (Å²) in [5.74, 6) is 0.212. The molecule has 4 nitrogen and oxygen atoms in total. The fourth-order valence-electron chi connectivity index (χ4n) is 3.43. The first-order valence-corrected chi connectivity index (χ1v) is 8.79. The molecule has 1 aliphatic rings. The summed E-state index contributed by atoms with van der Waals surface area (Å²) in [5, 5.41) is 14.7. The van der Waals surface area contributed by atoms with Gasteiger partial charge in [-0.25, -0.2) is 0 Å². The number of hydrogen-bond acceptors (Lipinski definition) is 3. The number of nitrogens with zero attached hydrogens (tertiary/aromatic N) is 1. The molecule has 0 atom stereocenters. The van der Waals surface area contributed by atoms with Crippen LogP contribution in [0.3, 0.4) is 0 Å². The number of carbonyl (C=O) groups excluding carboxylic acids is 1. The number of amides is 1. The topological polar surface area (TPSA) is 62.2 Å². The summed E-state index contributed by atoms with van der Waals surface area (Å²) in [6.07, 6.45) is 5.26. The number of pyridine rings is 1. The molecule has 5 heteroatoms. The molecule has 0 bridgehead atoms. The number of hydrogen-bond donors (Lipinski definition) is 2. The number of benzene rings is 1. The second-order valence-corrected chi connectivity index (χ2v) is 7.67. The minimum atomic E-state index is -0.640. The van der Waals surface area contributed by atoms with Crippen molar-refractivity contribution in [3.63, 3.8) is 0 Å². The fraction of sp³-hybridized carbons (Fsp3) is 0.474. The second-order valence-electron chi connectivity index (χ2n) is 7.24. The Morgan fingerprint density at radius 2 is 1.96 bits per heavy atom. The van der Waals surface area contributed by atoms with Gasteiger partial charge >= 0.3 is 0 Å². The van der Waals surface area contributed by atoms with Gasteiger partial charge in [-0.05, 0) is 63.6 Å². The molecule has 0 spiro atoms. The minimum Gasteiger partial charge on any atom is -0.390 e. The number of nitrogens with one attached hydrogen (secondary N) is 1. The van der Waals surface area contributed by atoms with E-state index in [1.165, 1.54) is 0 Å². The smallest absolute Gasteiger partial charge is 0.253 e. The highest BCUT2D eigenvalue weighted by Crippen LogP contribution is 2.32. The standard InChI is InChI=1S/C19H23ClN2O2/c1-19(2,24)14-4-7-16(8-5-14)22-18(23)13-9-12-3-6-15(20)10-17(12)21-11-13/h3,6,9-11,14,16,24H,4-5,7-8H2,1-2H3,(H,22,23). The summed E-state index contributed by atoms with van der Waals surface area (Å²) in [5.41, 5.74) is 0.706. The van der Waals surface area contributed by atoms with Crippen LogP contribution in [0.25, 0.3) is 10.9 Å². The SMILES string of the molecule is CC(C)(O)C1CCC(NC(=O)c2cnc3cc(Cl)ccc3c2)CC1. The van der Waals surface area contributed by atoms with Gasteiger partial charge in [0.2, 0.25) is 0 Å². The van der Waals surface area contributed by atoms with Gasteiger partial charge in [0.1, 0.15) is 0 Å². The van der Waals surface area contributed by atoms with Crippen LogP contribution in [0.1, 0.15) is 49.9 Å². The van der Waals surface area contributed by atoms with Crippen LogP contribution in [0, 0.1) is 5.92 Å². The average Bonchev–Trinajstić information content (AvgIpc) is 2.54. The maximum absolute atomic E-state index is 12.5. The van der Waals surface area contributed by atoms with E-state index in [0.717, 1.165) is 36.6 Å². The van der Waals surface area contributed by atoms with Gasteiger partial charge in [0.25, 0.3) is 5.91 Å². The van der Waals surface area contributed by atoms with Crippen molar-refractivity contribution in [2.45, 2.75) is 51.2 Å². The van der Waals surface area contributed by atoms with E-state index in [-0.39, 0.29) is 11.9 Å². The zero-order valence-corrected chi connectivity index (χ0v) is 14.8. The Hall–Kier alpha value is -1.65. The van der Waals surface area contributed by atoms with E-state index >= 15 is 0 Å². The molecular formula is C19H23ClN2O2. The zero-order valence-electron chi connectivity index (χ0n) is 14.1. The third-order valence-corrected chi connectivity index (χ3v) is 5.20. The monoisotopic (exact) mass is 346 g/mol. The summed E-state index contributed by atoms with van der Waals surface area (Å²) < 4.78 is 0. The molecular weight excluding hydrogens is 324 g/mol. The lowest BCUT2D eigenvalue weighted by molar-refractivity contribution is -0.00257. The molecule has 128 valence electrons. The molecule has 0 unspecified atom stereocenters. The Morgan fingerprint density at radius 3 is 2.62 bits per heavy atom. The number of fused-ring (bicyclic) bond motifs is 1. The highest BCUT2D eigenvalue weighted by atomic mass is 35.5. The lowest BCUT2D eigenvalue weighted by Crippen LogP contribution is -2.41. The molecule has 1 aliphatic carbocycles. The molecule has 24 heavy (non-hydrogen) atoms. The summed E-state index contributed by atoms with van der Waals surface area (Å²) in [4.78, 5) is 16.8. The van der Waals surface area contributed by atoms with Crippen LogP contribution in [0.15, 0.2) is 30.5 Å². The second kappa shape index (κ2) is 6.69. The Morgan fingerprint density at radius 1 is 1.25 bits per heavy atom. The molecule has 0 saturated heterocycles. The molecule has 2 aromatic rings. The molecule has 0 aliphatic heterocycles. The van der Waals surface area contributed by atoms with Crippen molar-refractivity contribution < 1.29 is 9.90 Å². The Balaban J connectivity index is 1.64. The predicted molar refractivity (Wildman–Crippen MR) is 96.3 cm³/mol. The van der Waals surface area contributed by atoms with Crippen LogP contribution < -0.4 is 5.32 Å². The normalized spacial score (nSPS) is 21.7. The van der Waals surface area contributed by atoms with Gasteiger partial charge < -0.3 is 10.4 Å². The molecule has 1 fully saturated rings. The molecule has 1 aromatic carbocycles.